The lowest BCUT2D eigenvalue weighted by molar-refractivity contribution is -0.0498. The van der Waals surface area contributed by atoms with Crippen LogP contribution in [0.5, 0.6) is 5.75 Å². The van der Waals surface area contributed by atoms with E-state index >= 15 is 0 Å². The van der Waals surface area contributed by atoms with Crippen LogP contribution in [0.2, 0.25) is 0 Å². The maximum Gasteiger partial charge on any atom is 0.387 e. The standard InChI is InChI=1S/C17H14F2N2O2/c1-11(22)15-6-5-12(9-20)8-16(15)21-10-13-3-2-4-14(7-13)23-17(18)19/h2-8,17,21H,10H2,1H3. The van der Waals surface area contributed by atoms with Crippen LogP contribution in [-0.2, 0) is 6.54 Å². The number of rotatable bonds is 6. The lowest BCUT2D eigenvalue weighted by Gasteiger charge is -2.12. The Labute approximate surface area is 132 Å². The Bertz CT molecular complexity index is 754. The van der Waals surface area contributed by atoms with Crippen molar-refractivity contribution in [1.29, 1.82) is 5.26 Å². The molecule has 2 rings (SSSR count). The molecule has 23 heavy (non-hydrogen) atoms. The Balaban J connectivity index is 2.17. The van der Waals surface area contributed by atoms with Gasteiger partial charge in [-0.25, -0.2) is 0 Å². The van der Waals surface area contributed by atoms with E-state index in [1.165, 1.54) is 19.1 Å². The quantitative estimate of drug-likeness (QED) is 0.819. The monoisotopic (exact) mass is 316 g/mol. The van der Waals surface area contributed by atoms with Crippen molar-refractivity contribution in [2.45, 2.75) is 20.1 Å². The summed E-state index contributed by atoms with van der Waals surface area (Å²) in [5.74, 6) is -0.0661. The Hall–Kier alpha value is -2.94. The van der Waals surface area contributed by atoms with Crippen LogP contribution < -0.4 is 10.1 Å². The first kappa shape index (κ1) is 16.4. The molecular weight excluding hydrogens is 302 g/mol. The van der Waals surface area contributed by atoms with Crippen molar-refractivity contribution >= 4 is 11.5 Å². The summed E-state index contributed by atoms with van der Waals surface area (Å²) in [5, 5.41) is 12.0. The van der Waals surface area contributed by atoms with Crippen molar-refractivity contribution in [2.75, 3.05) is 5.32 Å². The third-order valence-electron chi connectivity index (χ3n) is 3.13. The fraction of sp³-hybridized carbons (Fsp3) is 0.176. The number of alkyl halides is 2. The molecule has 118 valence electrons. The number of Topliss-reactive ketones (excluding diaryl/α,β-unsaturated/α-hetero) is 1. The number of benzene rings is 2. The van der Waals surface area contributed by atoms with Gasteiger partial charge in [0.25, 0.3) is 0 Å². The van der Waals surface area contributed by atoms with E-state index in [0.29, 0.717) is 28.9 Å². The van der Waals surface area contributed by atoms with Crippen LogP contribution in [0.15, 0.2) is 42.5 Å². The minimum Gasteiger partial charge on any atom is -0.435 e. The fourth-order valence-corrected chi connectivity index (χ4v) is 2.10. The van der Waals surface area contributed by atoms with Gasteiger partial charge < -0.3 is 10.1 Å². The smallest absolute Gasteiger partial charge is 0.387 e. The van der Waals surface area contributed by atoms with Gasteiger partial charge in [-0.15, -0.1) is 0 Å². The average Bonchev–Trinajstić information content (AvgIpc) is 2.52. The van der Waals surface area contributed by atoms with E-state index in [4.69, 9.17) is 5.26 Å². The van der Waals surface area contributed by atoms with Gasteiger partial charge in [0.05, 0.1) is 11.6 Å². The first-order valence-electron chi connectivity index (χ1n) is 6.82. The largest absolute Gasteiger partial charge is 0.435 e. The summed E-state index contributed by atoms with van der Waals surface area (Å²) in [7, 11) is 0. The van der Waals surface area contributed by atoms with E-state index in [9.17, 15) is 13.6 Å². The number of hydrogen-bond donors (Lipinski definition) is 1. The van der Waals surface area contributed by atoms with Gasteiger partial charge in [0.1, 0.15) is 5.75 Å². The van der Waals surface area contributed by atoms with E-state index in [-0.39, 0.29) is 11.5 Å². The van der Waals surface area contributed by atoms with Gasteiger partial charge in [0, 0.05) is 17.8 Å². The normalized spacial score (nSPS) is 10.2. The Kier molecular flexibility index (Phi) is 5.26. The van der Waals surface area contributed by atoms with Gasteiger partial charge in [0.2, 0.25) is 0 Å². The SMILES string of the molecule is CC(=O)c1ccc(C#N)cc1NCc1cccc(OC(F)F)c1. The van der Waals surface area contributed by atoms with E-state index < -0.39 is 6.61 Å². The molecule has 4 nitrogen and oxygen atoms in total. The third kappa shape index (κ3) is 4.51. The summed E-state index contributed by atoms with van der Waals surface area (Å²) in [6, 6.07) is 13.0. The molecule has 0 radical (unpaired) electrons. The molecule has 0 aliphatic heterocycles. The van der Waals surface area contributed by atoms with E-state index in [1.54, 1.807) is 30.3 Å². The molecule has 0 spiro atoms. The van der Waals surface area contributed by atoms with Crippen LogP contribution in [0.25, 0.3) is 0 Å². The van der Waals surface area contributed by atoms with Crippen molar-refractivity contribution in [1.82, 2.24) is 0 Å². The highest BCUT2D eigenvalue weighted by Gasteiger charge is 2.09. The third-order valence-corrected chi connectivity index (χ3v) is 3.13. The molecule has 0 amide bonds. The summed E-state index contributed by atoms with van der Waals surface area (Å²) in [4.78, 5) is 11.6. The number of hydrogen-bond acceptors (Lipinski definition) is 4. The van der Waals surface area contributed by atoms with Crippen molar-refractivity contribution in [3.8, 4) is 11.8 Å². The van der Waals surface area contributed by atoms with Gasteiger partial charge in [-0.2, -0.15) is 14.0 Å². The fourth-order valence-electron chi connectivity index (χ4n) is 2.10. The second-order valence-corrected chi connectivity index (χ2v) is 4.81. The molecule has 0 aliphatic rings. The number of carbonyl (C=O) groups is 1. The van der Waals surface area contributed by atoms with E-state index in [2.05, 4.69) is 10.1 Å². The average molecular weight is 316 g/mol. The van der Waals surface area contributed by atoms with Crippen LogP contribution in [0.4, 0.5) is 14.5 Å². The minimum absolute atomic E-state index is 0.0665. The molecule has 0 unspecified atom stereocenters. The first-order valence-corrected chi connectivity index (χ1v) is 6.82. The summed E-state index contributed by atoms with van der Waals surface area (Å²) < 4.78 is 28.8. The molecule has 1 N–H and O–H groups in total. The zero-order chi connectivity index (χ0) is 16.8. The van der Waals surface area contributed by atoms with Crippen molar-refractivity contribution in [3.05, 3.63) is 59.2 Å². The zero-order valence-corrected chi connectivity index (χ0v) is 12.3. The lowest BCUT2D eigenvalue weighted by Crippen LogP contribution is -2.06. The van der Waals surface area contributed by atoms with Crippen molar-refractivity contribution < 1.29 is 18.3 Å². The molecule has 2 aromatic carbocycles. The molecule has 6 heteroatoms. The maximum absolute atomic E-state index is 12.2. The number of carbonyl (C=O) groups excluding carboxylic acids is 1. The predicted molar refractivity (Wildman–Crippen MR) is 81.6 cm³/mol. The number of ketones is 1. The Morgan fingerprint density at radius 3 is 2.74 bits per heavy atom. The van der Waals surface area contributed by atoms with Crippen LogP contribution in [-0.4, -0.2) is 12.4 Å². The molecule has 0 atom stereocenters. The number of nitrogens with zero attached hydrogens (tertiary/aromatic N) is 1. The highest BCUT2D eigenvalue weighted by atomic mass is 19.3. The van der Waals surface area contributed by atoms with E-state index in [1.807, 2.05) is 6.07 Å². The predicted octanol–water partition coefficient (Wildman–Crippen LogP) is 3.97. The van der Waals surface area contributed by atoms with Crippen LogP contribution >= 0.6 is 0 Å². The molecule has 0 aromatic heterocycles. The topological polar surface area (TPSA) is 62.1 Å². The lowest BCUT2D eigenvalue weighted by atomic mass is 10.1. The number of nitriles is 1. The van der Waals surface area contributed by atoms with Gasteiger partial charge in [-0.05, 0) is 42.8 Å². The van der Waals surface area contributed by atoms with Crippen molar-refractivity contribution in [3.63, 3.8) is 0 Å². The molecule has 0 saturated carbocycles. The Morgan fingerprint density at radius 1 is 1.30 bits per heavy atom. The summed E-state index contributed by atoms with van der Waals surface area (Å²) in [5.41, 5.74) is 2.12. The van der Waals surface area contributed by atoms with Gasteiger partial charge in [-0.1, -0.05) is 12.1 Å². The zero-order valence-electron chi connectivity index (χ0n) is 12.3. The highest BCUT2D eigenvalue weighted by Crippen LogP contribution is 2.21. The summed E-state index contributed by atoms with van der Waals surface area (Å²) in [6.07, 6.45) is 0. The van der Waals surface area contributed by atoms with Crippen LogP contribution in [0.3, 0.4) is 0 Å². The Morgan fingerprint density at radius 2 is 2.09 bits per heavy atom. The number of halogens is 2. The second-order valence-electron chi connectivity index (χ2n) is 4.81. The second kappa shape index (κ2) is 7.36. The van der Waals surface area contributed by atoms with E-state index in [0.717, 1.165) is 0 Å². The van der Waals surface area contributed by atoms with Gasteiger partial charge >= 0.3 is 6.61 Å². The minimum atomic E-state index is -2.88. The molecule has 2 aromatic rings. The molecule has 0 fully saturated rings. The van der Waals surface area contributed by atoms with Crippen LogP contribution in [0, 0.1) is 11.3 Å². The van der Waals surface area contributed by atoms with Crippen molar-refractivity contribution in [2.24, 2.45) is 0 Å². The molecule has 0 aliphatic carbocycles. The molecule has 0 heterocycles. The number of anilines is 1. The molecule has 0 bridgehead atoms. The van der Waals surface area contributed by atoms with Gasteiger partial charge in [0.15, 0.2) is 5.78 Å². The summed E-state index contributed by atoms with van der Waals surface area (Å²) in [6.45, 7) is -1.14. The summed E-state index contributed by atoms with van der Waals surface area (Å²) >= 11 is 0. The first-order chi connectivity index (χ1) is 11.0. The molecular formula is C17H14F2N2O2. The molecule has 0 saturated heterocycles. The van der Waals surface area contributed by atoms with Gasteiger partial charge in [-0.3, -0.25) is 4.79 Å². The number of ether oxygens (including phenoxy) is 1. The maximum atomic E-state index is 12.2. The highest BCUT2D eigenvalue weighted by molar-refractivity contribution is 5.99. The number of nitrogens with one attached hydrogen (secondary N) is 1. The van der Waals surface area contributed by atoms with Crippen LogP contribution in [0.1, 0.15) is 28.4 Å².